The first-order chi connectivity index (χ1) is 8.22. The molecule has 1 atom stereocenters. The third-order valence-electron chi connectivity index (χ3n) is 2.22. The molecular weight excluding hydrogens is 225 g/mol. The van der Waals surface area contributed by atoms with E-state index >= 15 is 0 Å². The van der Waals surface area contributed by atoms with E-state index in [0.717, 1.165) is 0 Å². The zero-order chi connectivity index (χ0) is 12.3. The summed E-state index contributed by atoms with van der Waals surface area (Å²) in [5.41, 5.74) is 5.99. The first kappa shape index (κ1) is 11.7. The van der Waals surface area contributed by atoms with Crippen molar-refractivity contribution in [3.05, 3.63) is 35.9 Å². The molecule has 2 aromatic rings. The van der Waals surface area contributed by atoms with Crippen LogP contribution >= 0.6 is 0 Å². The number of hydrogen-bond donors (Lipinski definition) is 1. The van der Waals surface area contributed by atoms with Gasteiger partial charge in [-0.3, -0.25) is 0 Å². The van der Waals surface area contributed by atoms with Gasteiger partial charge in [-0.15, -0.1) is 0 Å². The number of benzene rings is 1. The van der Waals surface area contributed by atoms with E-state index < -0.39 is 11.9 Å². The zero-order valence-electron chi connectivity index (χ0n) is 9.26. The Morgan fingerprint density at radius 1 is 1.47 bits per heavy atom. The van der Waals surface area contributed by atoms with Crippen molar-refractivity contribution in [1.82, 2.24) is 10.1 Å². The van der Waals surface area contributed by atoms with Gasteiger partial charge in [-0.25, -0.2) is 4.39 Å². The van der Waals surface area contributed by atoms with Crippen LogP contribution in [-0.4, -0.2) is 23.9 Å². The molecule has 1 unspecified atom stereocenters. The van der Waals surface area contributed by atoms with E-state index in [-0.39, 0.29) is 18.1 Å². The Hall–Kier alpha value is -1.79. The lowest BCUT2D eigenvalue weighted by Crippen LogP contribution is -2.17. The molecular formula is C11H12FN3O2. The van der Waals surface area contributed by atoms with Crippen molar-refractivity contribution in [1.29, 1.82) is 0 Å². The standard InChI is InChI=1S/C11H12FN3O2/c1-16-6-9(13)10-14-11(17-15-10)7-4-2-3-5-8(7)12/h2-5,9H,6,13H2,1H3. The number of methoxy groups -OCH3 is 1. The molecule has 2 rings (SSSR count). The van der Waals surface area contributed by atoms with E-state index in [1.807, 2.05) is 0 Å². The summed E-state index contributed by atoms with van der Waals surface area (Å²) in [5, 5.41) is 3.69. The Labute approximate surface area is 97.4 Å². The molecule has 17 heavy (non-hydrogen) atoms. The highest BCUT2D eigenvalue weighted by molar-refractivity contribution is 5.53. The number of ether oxygens (including phenoxy) is 1. The molecule has 0 amide bonds. The van der Waals surface area contributed by atoms with Crippen LogP contribution in [0.15, 0.2) is 28.8 Å². The van der Waals surface area contributed by atoms with Crippen LogP contribution in [-0.2, 0) is 4.74 Å². The van der Waals surface area contributed by atoms with E-state index in [0.29, 0.717) is 5.82 Å². The van der Waals surface area contributed by atoms with Gasteiger partial charge in [0.05, 0.1) is 18.2 Å². The molecule has 1 aromatic carbocycles. The van der Waals surface area contributed by atoms with Crippen molar-refractivity contribution in [2.24, 2.45) is 5.73 Å². The van der Waals surface area contributed by atoms with Crippen LogP contribution < -0.4 is 5.73 Å². The highest BCUT2D eigenvalue weighted by Gasteiger charge is 2.16. The minimum absolute atomic E-state index is 0.115. The molecule has 0 radical (unpaired) electrons. The molecule has 2 N–H and O–H groups in total. The van der Waals surface area contributed by atoms with Crippen LogP contribution in [0.1, 0.15) is 11.9 Å². The summed E-state index contributed by atoms with van der Waals surface area (Å²) in [4.78, 5) is 4.04. The van der Waals surface area contributed by atoms with E-state index in [1.54, 1.807) is 18.2 Å². The van der Waals surface area contributed by atoms with Crippen LogP contribution in [0.4, 0.5) is 4.39 Å². The van der Waals surface area contributed by atoms with Crippen LogP contribution in [0.25, 0.3) is 11.5 Å². The summed E-state index contributed by atoms with van der Waals surface area (Å²) >= 11 is 0. The monoisotopic (exact) mass is 237 g/mol. The maximum Gasteiger partial charge on any atom is 0.260 e. The molecule has 0 fully saturated rings. The first-order valence-electron chi connectivity index (χ1n) is 5.05. The van der Waals surface area contributed by atoms with Gasteiger partial charge in [-0.05, 0) is 12.1 Å². The van der Waals surface area contributed by atoms with Gasteiger partial charge in [-0.2, -0.15) is 4.98 Å². The fourth-order valence-corrected chi connectivity index (χ4v) is 1.38. The summed E-state index contributed by atoms with van der Waals surface area (Å²) in [6.07, 6.45) is 0. The topological polar surface area (TPSA) is 74.2 Å². The van der Waals surface area contributed by atoms with E-state index in [1.165, 1.54) is 13.2 Å². The molecule has 1 aromatic heterocycles. The van der Waals surface area contributed by atoms with Gasteiger partial charge in [0.15, 0.2) is 5.82 Å². The highest BCUT2D eigenvalue weighted by Crippen LogP contribution is 2.21. The third-order valence-corrected chi connectivity index (χ3v) is 2.22. The number of hydrogen-bond acceptors (Lipinski definition) is 5. The van der Waals surface area contributed by atoms with Crippen molar-refractivity contribution in [2.75, 3.05) is 13.7 Å². The third kappa shape index (κ3) is 2.48. The second kappa shape index (κ2) is 5.03. The minimum atomic E-state index is -0.482. The van der Waals surface area contributed by atoms with Gasteiger partial charge in [0.25, 0.3) is 5.89 Å². The second-order valence-electron chi connectivity index (χ2n) is 3.50. The molecule has 0 aliphatic heterocycles. The minimum Gasteiger partial charge on any atom is -0.383 e. The van der Waals surface area contributed by atoms with Crippen LogP contribution in [0.2, 0.25) is 0 Å². The van der Waals surface area contributed by atoms with Gasteiger partial charge >= 0.3 is 0 Å². The molecule has 0 spiro atoms. The summed E-state index contributed by atoms with van der Waals surface area (Å²) in [5.74, 6) is -0.00207. The Kier molecular flexibility index (Phi) is 3.46. The van der Waals surface area contributed by atoms with Gasteiger partial charge < -0.3 is 15.0 Å². The summed E-state index contributed by atoms with van der Waals surface area (Å²) < 4.78 is 23.3. The lowest BCUT2D eigenvalue weighted by Gasteiger charge is -2.03. The number of nitrogens with zero attached hydrogens (tertiary/aromatic N) is 2. The molecule has 5 nitrogen and oxygen atoms in total. The number of halogens is 1. The van der Waals surface area contributed by atoms with Crippen LogP contribution in [0.5, 0.6) is 0 Å². The molecule has 0 aliphatic carbocycles. The van der Waals surface area contributed by atoms with Crippen LogP contribution in [0.3, 0.4) is 0 Å². The second-order valence-corrected chi connectivity index (χ2v) is 3.50. The van der Waals surface area contributed by atoms with E-state index in [4.69, 9.17) is 15.0 Å². The molecule has 0 saturated carbocycles. The van der Waals surface area contributed by atoms with Gasteiger partial charge in [-0.1, -0.05) is 17.3 Å². The normalized spacial score (nSPS) is 12.6. The van der Waals surface area contributed by atoms with Crippen molar-refractivity contribution in [3.8, 4) is 11.5 Å². The van der Waals surface area contributed by atoms with Gasteiger partial charge in [0, 0.05) is 7.11 Å². The first-order valence-corrected chi connectivity index (χ1v) is 5.05. The lowest BCUT2D eigenvalue weighted by atomic mass is 10.2. The quantitative estimate of drug-likeness (QED) is 0.872. The van der Waals surface area contributed by atoms with Crippen molar-refractivity contribution < 1.29 is 13.7 Å². The van der Waals surface area contributed by atoms with Gasteiger partial charge in [0.1, 0.15) is 5.82 Å². The molecule has 0 saturated heterocycles. The zero-order valence-corrected chi connectivity index (χ0v) is 9.26. The average Bonchev–Trinajstić information content (AvgIpc) is 2.79. The summed E-state index contributed by atoms with van der Waals surface area (Å²) in [6.45, 7) is 0.274. The molecule has 90 valence electrons. The lowest BCUT2D eigenvalue weighted by molar-refractivity contribution is 0.177. The fourth-order valence-electron chi connectivity index (χ4n) is 1.38. The Balaban J connectivity index is 2.27. The van der Waals surface area contributed by atoms with E-state index in [9.17, 15) is 4.39 Å². The maximum atomic E-state index is 13.5. The SMILES string of the molecule is COCC(N)c1noc(-c2ccccc2F)n1. The van der Waals surface area contributed by atoms with Gasteiger partial charge in [0.2, 0.25) is 0 Å². The van der Waals surface area contributed by atoms with Crippen LogP contribution in [0, 0.1) is 5.82 Å². The number of nitrogens with two attached hydrogens (primary N) is 1. The smallest absolute Gasteiger partial charge is 0.260 e. The number of rotatable bonds is 4. The molecule has 6 heteroatoms. The fraction of sp³-hybridized carbons (Fsp3) is 0.273. The molecule has 0 aliphatic rings. The predicted octanol–water partition coefficient (Wildman–Crippen LogP) is 1.52. The van der Waals surface area contributed by atoms with Crippen molar-refractivity contribution in [2.45, 2.75) is 6.04 Å². The predicted molar refractivity (Wildman–Crippen MR) is 58.5 cm³/mol. The molecule has 0 bridgehead atoms. The maximum absolute atomic E-state index is 13.5. The average molecular weight is 237 g/mol. The largest absolute Gasteiger partial charge is 0.383 e. The van der Waals surface area contributed by atoms with Crippen molar-refractivity contribution in [3.63, 3.8) is 0 Å². The Morgan fingerprint density at radius 3 is 2.94 bits per heavy atom. The van der Waals surface area contributed by atoms with Crippen molar-refractivity contribution >= 4 is 0 Å². The highest BCUT2D eigenvalue weighted by atomic mass is 19.1. The molecule has 1 heterocycles. The summed E-state index contributed by atoms with van der Waals surface area (Å²) in [6, 6.07) is 5.69. The Bertz CT molecular complexity index is 501. The Morgan fingerprint density at radius 2 is 2.24 bits per heavy atom. The van der Waals surface area contributed by atoms with E-state index in [2.05, 4.69) is 10.1 Å². The number of aromatic nitrogens is 2. The summed E-state index contributed by atoms with van der Waals surface area (Å²) in [7, 11) is 1.53.